The standard InChI is InChI=1S/C11H11BrN2O5/c1-6(11(16)17)13(2)10(15)7-3-4-8(12)9(5-7)14(18)19/h3-6H,1-2H3,(H,16,17). The largest absolute Gasteiger partial charge is 0.480 e. The summed E-state index contributed by atoms with van der Waals surface area (Å²) in [4.78, 5) is 33.9. The monoisotopic (exact) mass is 330 g/mol. The van der Waals surface area contributed by atoms with Gasteiger partial charge in [-0.2, -0.15) is 0 Å². The first-order chi connectivity index (χ1) is 8.75. The van der Waals surface area contributed by atoms with E-state index < -0.39 is 22.8 Å². The van der Waals surface area contributed by atoms with Crippen LogP contribution in [0.15, 0.2) is 22.7 Å². The summed E-state index contributed by atoms with van der Waals surface area (Å²) in [6.45, 7) is 1.35. The van der Waals surface area contributed by atoms with Gasteiger partial charge in [0.25, 0.3) is 11.6 Å². The molecule has 1 atom stereocenters. The van der Waals surface area contributed by atoms with Crippen LogP contribution in [0, 0.1) is 10.1 Å². The first-order valence-corrected chi connectivity index (χ1v) is 5.99. The molecular weight excluding hydrogens is 320 g/mol. The maximum absolute atomic E-state index is 12.0. The number of nitro benzene ring substituents is 1. The second-order valence-electron chi connectivity index (χ2n) is 3.85. The van der Waals surface area contributed by atoms with E-state index >= 15 is 0 Å². The van der Waals surface area contributed by atoms with E-state index in [2.05, 4.69) is 15.9 Å². The fraction of sp³-hybridized carbons (Fsp3) is 0.273. The molecule has 0 spiro atoms. The molecule has 1 amide bonds. The number of likely N-dealkylation sites (N-methyl/N-ethyl adjacent to an activating group) is 1. The summed E-state index contributed by atoms with van der Waals surface area (Å²) >= 11 is 3.01. The average Bonchev–Trinajstić information content (AvgIpc) is 2.36. The van der Waals surface area contributed by atoms with Crippen molar-refractivity contribution < 1.29 is 19.6 Å². The number of rotatable bonds is 4. The summed E-state index contributed by atoms with van der Waals surface area (Å²) in [5.74, 6) is -1.74. The Hall–Kier alpha value is -1.96. The molecule has 0 bridgehead atoms. The van der Waals surface area contributed by atoms with Gasteiger partial charge >= 0.3 is 5.97 Å². The van der Waals surface area contributed by atoms with Crippen LogP contribution in [0.25, 0.3) is 0 Å². The highest BCUT2D eigenvalue weighted by atomic mass is 79.9. The van der Waals surface area contributed by atoms with Crippen molar-refractivity contribution in [3.8, 4) is 0 Å². The van der Waals surface area contributed by atoms with Crippen molar-refractivity contribution in [3.05, 3.63) is 38.3 Å². The minimum Gasteiger partial charge on any atom is -0.480 e. The zero-order valence-corrected chi connectivity index (χ0v) is 11.7. The molecule has 7 nitrogen and oxygen atoms in total. The molecule has 0 heterocycles. The summed E-state index contributed by atoms with van der Waals surface area (Å²) in [6.07, 6.45) is 0. The number of carboxylic acids is 1. The molecule has 1 rings (SSSR count). The molecule has 1 N–H and O–H groups in total. The molecule has 8 heteroatoms. The number of nitro groups is 1. The lowest BCUT2D eigenvalue weighted by molar-refractivity contribution is -0.385. The maximum atomic E-state index is 12.0. The molecule has 1 unspecified atom stereocenters. The SMILES string of the molecule is CC(C(=O)O)N(C)C(=O)c1ccc(Br)c([N+](=O)[O-])c1. The van der Waals surface area contributed by atoms with E-state index in [9.17, 15) is 19.7 Å². The van der Waals surface area contributed by atoms with E-state index in [1.807, 2.05) is 0 Å². The van der Waals surface area contributed by atoms with Crippen LogP contribution in [-0.4, -0.2) is 39.9 Å². The number of halogens is 1. The first-order valence-electron chi connectivity index (χ1n) is 5.19. The predicted molar refractivity (Wildman–Crippen MR) is 70.0 cm³/mol. The van der Waals surface area contributed by atoms with Crippen LogP contribution in [0.1, 0.15) is 17.3 Å². The van der Waals surface area contributed by atoms with Gasteiger partial charge < -0.3 is 10.0 Å². The van der Waals surface area contributed by atoms with E-state index in [4.69, 9.17) is 5.11 Å². The third-order valence-electron chi connectivity index (χ3n) is 2.65. The summed E-state index contributed by atoms with van der Waals surface area (Å²) in [5, 5.41) is 19.6. The Balaban J connectivity index is 3.10. The van der Waals surface area contributed by atoms with Crippen LogP contribution in [0.2, 0.25) is 0 Å². The number of hydrogen-bond acceptors (Lipinski definition) is 4. The second-order valence-corrected chi connectivity index (χ2v) is 4.71. The Bertz CT molecular complexity index is 546. The number of benzene rings is 1. The van der Waals surface area contributed by atoms with Crippen LogP contribution in [-0.2, 0) is 4.79 Å². The van der Waals surface area contributed by atoms with Gasteiger partial charge in [-0.3, -0.25) is 14.9 Å². The lowest BCUT2D eigenvalue weighted by atomic mass is 10.1. The van der Waals surface area contributed by atoms with Crippen LogP contribution in [0.4, 0.5) is 5.69 Å². The fourth-order valence-corrected chi connectivity index (χ4v) is 1.72. The maximum Gasteiger partial charge on any atom is 0.326 e. The molecule has 102 valence electrons. The Kier molecular flexibility index (Phi) is 4.60. The first kappa shape index (κ1) is 15.1. The molecular formula is C11H11BrN2O5. The molecule has 0 aliphatic rings. The number of carbonyl (C=O) groups is 2. The van der Waals surface area contributed by atoms with Gasteiger partial charge in [-0.25, -0.2) is 4.79 Å². The van der Waals surface area contributed by atoms with Crippen LogP contribution >= 0.6 is 15.9 Å². The number of amides is 1. The van der Waals surface area contributed by atoms with E-state index in [-0.39, 0.29) is 15.7 Å². The van der Waals surface area contributed by atoms with Crippen molar-refractivity contribution in [2.24, 2.45) is 0 Å². The van der Waals surface area contributed by atoms with E-state index in [0.29, 0.717) is 0 Å². The number of nitrogens with zero attached hydrogens (tertiary/aromatic N) is 2. The number of aliphatic carboxylic acids is 1. The van der Waals surface area contributed by atoms with Gasteiger partial charge in [0.1, 0.15) is 6.04 Å². The van der Waals surface area contributed by atoms with Crippen molar-refractivity contribution in [1.29, 1.82) is 0 Å². The van der Waals surface area contributed by atoms with Crippen LogP contribution in [0.3, 0.4) is 0 Å². The lowest BCUT2D eigenvalue weighted by Crippen LogP contribution is -2.40. The molecule has 0 aliphatic heterocycles. The van der Waals surface area contributed by atoms with Gasteiger partial charge in [0.05, 0.1) is 9.40 Å². The second kappa shape index (κ2) is 5.79. The molecule has 0 saturated heterocycles. The normalized spacial score (nSPS) is 11.7. The van der Waals surface area contributed by atoms with Gasteiger partial charge in [0, 0.05) is 18.7 Å². The number of carboxylic acid groups (broad SMARTS) is 1. The Labute approximate surface area is 117 Å². The van der Waals surface area contributed by atoms with Gasteiger partial charge in [0.15, 0.2) is 0 Å². The third kappa shape index (κ3) is 3.28. The predicted octanol–water partition coefficient (Wildman–Crippen LogP) is 1.90. The summed E-state index contributed by atoms with van der Waals surface area (Å²) in [7, 11) is 1.33. The molecule has 1 aromatic carbocycles. The fourth-order valence-electron chi connectivity index (χ4n) is 1.33. The molecule has 1 aromatic rings. The highest BCUT2D eigenvalue weighted by molar-refractivity contribution is 9.10. The van der Waals surface area contributed by atoms with Crippen molar-refractivity contribution in [2.45, 2.75) is 13.0 Å². The summed E-state index contributed by atoms with van der Waals surface area (Å²) in [6, 6.07) is 2.86. The van der Waals surface area contributed by atoms with Crippen LogP contribution in [0.5, 0.6) is 0 Å². The van der Waals surface area contributed by atoms with Gasteiger partial charge in [-0.15, -0.1) is 0 Å². The summed E-state index contributed by atoms with van der Waals surface area (Å²) in [5.41, 5.74) is -0.187. The molecule has 0 radical (unpaired) electrons. The van der Waals surface area contributed by atoms with E-state index in [1.165, 1.54) is 26.1 Å². The minimum absolute atomic E-state index is 0.0606. The van der Waals surface area contributed by atoms with Crippen molar-refractivity contribution in [3.63, 3.8) is 0 Å². The lowest BCUT2D eigenvalue weighted by Gasteiger charge is -2.21. The quantitative estimate of drug-likeness (QED) is 0.671. The van der Waals surface area contributed by atoms with E-state index in [0.717, 1.165) is 11.0 Å². The highest BCUT2D eigenvalue weighted by Gasteiger charge is 2.24. The minimum atomic E-state index is -1.15. The molecule has 0 saturated carbocycles. The molecule has 0 aliphatic carbocycles. The zero-order valence-electron chi connectivity index (χ0n) is 10.2. The van der Waals surface area contributed by atoms with Gasteiger partial charge in [-0.05, 0) is 35.0 Å². The molecule has 0 aromatic heterocycles. The van der Waals surface area contributed by atoms with Crippen molar-refractivity contribution in [2.75, 3.05) is 7.05 Å². The van der Waals surface area contributed by atoms with Crippen LogP contribution < -0.4 is 0 Å². The Morgan fingerprint density at radius 1 is 1.47 bits per heavy atom. The average molecular weight is 331 g/mol. The topological polar surface area (TPSA) is 101 Å². The van der Waals surface area contributed by atoms with Crippen molar-refractivity contribution in [1.82, 2.24) is 4.90 Å². The van der Waals surface area contributed by atoms with Crippen molar-refractivity contribution >= 4 is 33.5 Å². The number of carbonyl (C=O) groups excluding carboxylic acids is 1. The molecule has 19 heavy (non-hydrogen) atoms. The Morgan fingerprint density at radius 3 is 2.53 bits per heavy atom. The zero-order chi connectivity index (χ0) is 14.7. The van der Waals surface area contributed by atoms with Gasteiger partial charge in [0.2, 0.25) is 0 Å². The summed E-state index contributed by atoms with van der Waals surface area (Å²) < 4.78 is 0.253. The Morgan fingerprint density at radius 2 is 2.05 bits per heavy atom. The molecule has 0 fully saturated rings. The number of hydrogen-bond donors (Lipinski definition) is 1. The van der Waals surface area contributed by atoms with E-state index in [1.54, 1.807) is 0 Å². The smallest absolute Gasteiger partial charge is 0.326 e. The highest BCUT2D eigenvalue weighted by Crippen LogP contribution is 2.26. The third-order valence-corrected chi connectivity index (χ3v) is 3.32. The van der Waals surface area contributed by atoms with Gasteiger partial charge in [-0.1, -0.05) is 0 Å².